The predicted molar refractivity (Wildman–Crippen MR) is 152 cm³/mol. The molecule has 1 aromatic rings. The van der Waals surface area contributed by atoms with Crippen molar-refractivity contribution in [3.63, 3.8) is 0 Å². The van der Waals surface area contributed by atoms with Crippen LogP contribution in [-0.4, -0.2) is 71.2 Å². The molecule has 0 aromatic heterocycles. The third-order valence-electron chi connectivity index (χ3n) is 7.42. The average Bonchev–Trinajstić information content (AvgIpc) is 3.19. The number of carbonyl (C=O) groups excluding carboxylic acids is 4. The number of Topliss-reactive ketones (excluding diaryl/α,β-unsaturated/α-hetero) is 2. The molecule has 2 aliphatic heterocycles. The van der Waals surface area contributed by atoms with Crippen LogP contribution in [0.15, 0.2) is 18.2 Å². The molecule has 2 fully saturated rings. The van der Waals surface area contributed by atoms with Gasteiger partial charge in [-0.15, -0.1) is 13.1 Å². The van der Waals surface area contributed by atoms with Crippen molar-refractivity contribution in [1.82, 2.24) is 9.80 Å². The molecule has 1 atom stereocenters. The Hall–Kier alpha value is -2.30. The van der Waals surface area contributed by atoms with Gasteiger partial charge in [-0.3, -0.25) is 14.4 Å². The van der Waals surface area contributed by atoms with Crippen molar-refractivity contribution in [2.75, 3.05) is 31.1 Å². The second-order valence-electron chi connectivity index (χ2n) is 11.6. The van der Waals surface area contributed by atoms with Crippen LogP contribution in [0.1, 0.15) is 81.6 Å². The number of ketones is 2. The quantitative estimate of drug-likeness (QED) is 0.425. The summed E-state index contributed by atoms with van der Waals surface area (Å²) in [7, 11) is 0. The molecule has 1 aromatic carbocycles. The molecule has 1 saturated heterocycles. The van der Waals surface area contributed by atoms with Gasteiger partial charge in [0.1, 0.15) is 11.4 Å². The first-order chi connectivity index (χ1) is 18.4. The van der Waals surface area contributed by atoms with Gasteiger partial charge in [-0.05, 0) is 57.4 Å². The molecule has 40 heavy (non-hydrogen) atoms. The van der Waals surface area contributed by atoms with E-state index in [1.807, 2.05) is 43.9 Å². The minimum absolute atomic E-state index is 0. The van der Waals surface area contributed by atoms with E-state index in [4.69, 9.17) is 4.74 Å². The summed E-state index contributed by atoms with van der Waals surface area (Å²) in [6.07, 6.45) is 4.03. The van der Waals surface area contributed by atoms with Crippen molar-refractivity contribution in [2.45, 2.75) is 83.9 Å². The fourth-order valence-corrected chi connectivity index (χ4v) is 5.13. The van der Waals surface area contributed by atoms with Crippen LogP contribution in [0, 0.1) is 26.7 Å². The topological polar surface area (TPSA) is 87.2 Å². The minimum Gasteiger partial charge on any atom is -0.444 e. The number of likely N-dealkylation sites (tertiary alicyclic amines) is 1. The van der Waals surface area contributed by atoms with Crippen LogP contribution in [0.3, 0.4) is 0 Å². The number of rotatable bonds is 4. The van der Waals surface area contributed by atoms with E-state index < -0.39 is 11.6 Å². The molecule has 0 N–H and O–H groups in total. The monoisotopic (exact) mass is 545 g/mol. The van der Waals surface area contributed by atoms with Crippen LogP contribution in [0.25, 0.3) is 0 Å². The SMILES string of the molecule is [CH2-]C1CCN(C(=O)OC(C)(C)C)CC1.[CH2-]CN(C[CH2-])c1ccc2c(c1)CN(C1CCC(=O)CCCC1=O)C2=O.[Li+]. The molecule has 0 radical (unpaired) electrons. The third-order valence-corrected chi connectivity index (χ3v) is 7.42. The van der Waals surface area contributed by atoms with Crippen molar-refractivity contribution in [1.29, 1.82) is 0 Å². The first-order valence-electron chi connectivity index (χ1n) is 14.1. The van der Waals surface area contributed by atoms with E-state index in [1.165, 1.54) is 0 Å². The van der Waals surface area contributed by atoms with Gasteiger partial charge in [-0.1, -0.05) is 12.8 Å². The van der Waals surface area contributed by atoms with Crippen molar-refractivity contribution in [3.8, 4) is 0 Å². The predicted octanol–water partition coefficient (Wildman–Crippen LogP) is 2.06. The van der Waals surface area contributed by atoms with E-state index in [2.05, 4.69) is 20.8 Å². The number of amides is 2. The van der Waals surface area contributed by atoms with Crippen molar-refractivity contribution in [2.24, 2.45) is 5.92 Å². The normalized spacial score (nSPS) is 20.1. The fraction of sp³-hybridized carbons (Fsp3) is 0.581. The zero-order chi connectivity index (χ0) is 28.7. The van der Waals surface area contributed by atoms with Gasteiger partial charge >= 0.3 is 25.0 Å². The smallest absolute Gasteiger partial charge is 0.444 e. The van der Waals surface area contributed by atoms with Crippen molar-refractivity contribution in [3.05, 3.63) is 50.1 Å². The number of ether oxygens (including phenoxy) is 1. The summed E-state index contributed by atoms with van der Waals surface area (Å²) in [5.74, 6) is 0.647. The molecular formula is C31H44LiN3O5-2. The number of piperidine rings is 1. The van der Waals surface area contributed by atoms with Crippen molar-refractivity contribution >= 4 is 29.3 Å². The average molecular weight is 546 g/mol. The molecule has 2 amide bonds. The molecule has 0 spiro atoms. The Morgan fingerprint density at radius 3 is 2.27 bits per heavy atom. The molecule has 0 bridgehead atoms. The number of fused-ring (bicyclic) bond motifs is 1. The van der Waals surface area contributed by atoms with Crippen LogP contribution in [0.4, 0.5) is 10.5 Å². The number of nitrogens with zero attached hydrogens (tertiary/aromatic N) is 3. The molecule has 4 rings (SSSR count). The van der Waals surface area contributed by atoms with Gasteiger partial charge in [-0.25, -0.2) is 4.79 Å². The second kappa shape index (κ2) is 15.1. The zero-order valence-electron chi connectivity index (χ0n) is 24.9. The first-order valence-corrected chi connectivity index (χ1v) is 14.1. The van der Waals surface area contributed by atoms with E-state index in [0.29, 0.717) is 63.2 Å². The van der Waals surface area contributed by atoms with Crippen LogP contribution in [0.5, 0.6) is 0 Å². The third kappa shape index (κ3) is 9.11. The van der Waals surface area contributed by atoms with Gasteiger partial charge in [0, 0.05) is 50.1 Å². The number of anilines is 1. The summed E-state index contributed by atoms with van der Waals surface area (Å²) >= 11 is 0. The van der Waals surface area contributed by atoms with E-state index in [1.54, 1.807) is 9.80 Å². The van der Waals surface area contributed by atoms with Crippen molar-refractivity contribution < 1.29 is 42.8 Å². The Morgan fingerprint density at radius 1 is 1.02 bits per heavy atom. The van der Waals surface area contributed by atoms with E-state index in [0.717, 1.165) is 37.2 Å². The molecule has 2 heterocycles. The number of hydrogen-bond donors (Lipinski definition) is 0. The Bertz CT molecular complexity index is 1040. The molecule has 8 nitrogen and oxygen atoms in total. The maximum atomic E-state index is 12.8. The molecular weight excluding hydrogens is 501 g/mol. The number of hydrogen-bond acceptors (Lipinski definition) is 6. The summed E-state index contributed by atoms with van der Waals surface area (Å²) in [5, 5.41) is 0. The van der Waals surface area contributed by atoms with Gasteiger partial charge in [0.25, 0.3) is 5.91 Å². The Balaban J connectivity index is 0.000000320. The summed E-state index contributed by atoms with van der Waals surface area (Å²) in [5.41, 5.74) is 2.17. The van der Waals surface area contributed by atoms with Gasteiger partial charge in [0.05, 0.1) is 6.04 Å². The molecule has 216 valence electrons. The van der Waals surface area contributed by atoms with Gasteiger partial charge in [0.2, 0.25) is 0 Å². The Kier molecular flexibility index (Phi) is 12.8. The summed E-state index contributed by atoms with van der Waals surface area (Å²) in [6.45, 7) is 20.6. The molecule has 1 unspecified atom stereocenters. The summed E-state index contributed by atoms with van der Waals surface area (Å²) in [4.78, 5) is 54.1. The van der Waals surface area contributed by atoms with Crippen LogP contribution in [-0.2, 0) is 20.9 Å². The molecule has 1 aliphatic carbocycles. The van der Waals surface area contributed by atoms with Gasteiger partial charge < -0.3 is 40.2 Å². The second-order valence-corrected chi connectivity index (χ2v) is 11.6. The standard InChI is InChI=1S/C20H24N2O3.C11H20NO2.Li/c1-3-21(4-2)15-8-10-17-14(12-15)13-22(20(17)25)18-11-9-16(23)6-5-7-19(18)24;1-9-5-7-12(8-6-9)10(13)14-11(2,3)4;/h8,10,12,18H,1-7,9,11,13H2;9H,1,5-8H2,2-4H3;/q-2;-1;+1. The minimum atomic E-state index is -0.482. The maximum Gasteiger partial charge on any atom is 1.00 e. The summed E-state index contributed by atoms with van der Waals surface area (Å²) < 4.78 is 5.28. The van der Waals surface area contributed by atoms with Gasteiger partial charge in [-0.2, -0.15) is 5.92 Å². The van der Waals surface area contributed by atoms with Crippen LogP contribution in [0.2, 0.25) is 0 Å². The molecule has 3 aliphatic rings. The van der Waals surface area contributed by atoms with E-state index >= 15 is 0 Å². The number of benzene rings is 1. The molecule has 1 saturated carbocycles. The number of carbonyl (C=O) groups is 4. The van der Waals surface area contributed by atoms with Crippen LogP contribution < -0.4 is 23.8 Å². The first kappa shape index (κ1) is 33.9. The Morgan fingerprint density at radius 2 is 1.68 bits per heavy atom. The maximum absolute atomic E-state index is 12.8. The largest absolute Gasteiger partial charge is 1.00 e. The van der Waals surface area contributed by atoms with E-state index in [9.17, 15) is 19.2 Å². The van der Waals surface area contributed by atoms with Crippen LogP contribution >= 0.6 is 0 Å². The summed E-state index contributed by atoms with van der Waals surface area (Å²) in [6, 6.07) is 5.23. The molecule has 9 heteroatoms. The van der Waals surface area contributed by atoms with E-state index in [-0.39, 0.29) is 42.4 Å². The fourth-order valence-electron chi connectivity index (χ4n) is 5.13. The van der Waals surface area contributed by atoms with Gasteiger partial charge in [0.15, 0.2) is 5.78 Å². The Labute approximate surface area is 252 Å². The zero-order valence-corrected chi connectivity index (χ0v) is 24.9.